The van der Waals surface area contributed by atoms with Crippen LogP contribution in [0.4, 0.5) is 4.79 Å². The molecule has 2 atom stereocenters. The molecular weight excluding hydrogens is 260 g/mol. The second-order valence-corrected chi connectivity index (χ2v) is 6.06. The van der Waals surface area contributed by atoms with Crippen LogP contribution in [0.15, 0.2) is 0 Å². The molecule has 20 heavy (non-hydrogen) atoms. The minimum atomic E-state index is -0.914. The van der Waals surface area contributed by atoms with Gasteiger partial charge in [-0.2, -0.15) is 0 Å². The second-order valence-electron chi connectivity index (χ2n) is 6.06. The van der Waals surface area contributed by atoms with E-state index in [1.807, 2.05) is 6.92 Å². The van der Waals surface area contributed by atoms with Gasteiger partial charge in [0.25, 0.3) is 5.91 Å². The maximum atomic E-state index is 12.5. The van der Waals surface area contributed by atoms with E-state index in [2.05, 4.69) is 16.0 Å². The van der Waals surface area contributed by atoms with Crippen molar-refractivity contribution in [2.75, 3.05) is 26.2 Å². The Bertz CT molecular complexity index is 463. The lowest BCUT2D eigenvalue weighted by Crippen LogP contribution is -2.61. The van der Waals surface area contributed by atoms with E-state index in [1.54, 1.807) is 4.90 Å². The van der Waals surface area contributed by atoms with E-state index in [0.29, 0.717) is 18.9 Å². The molecule has 0 radical (unpaired) electrons. The number of nitrogens with zero attached hydrogens (tertiary/aromatic N) is 1. The number of piperidine rings is 1. The summed E-state index contributed by atoms with van der Waals surface area (Å²) in [6, 6.07) is -0.458. The Balaban J connectivity index is 1.70. The van der Waals surface area contributed by atoms with Crippen molar-refractivity contribution >= 4 is 17.8 Å². The molecule has 0 saturated carbocycles. The van der Waals surface area contributed by atoms with Gasteiger partial charge in [0, 0.05) is 12.5 Å². The Morgan fingerprint density at radius 2 is 2.15 bits per heavy atom. The molecule has 0 aromatic heterocycles. The highest BCUT2D eigenvalue weighted by Crippen LogP contribution is 2.27. The number of urea groups is 1. The van der Waals surface area contributed by atoms with Gasteiger partial charge in [-0.1, -0.05) is 6.92 Å². The predicted molar refractivity (Wildman–Crippen MR) is 70.7 cm³/mol. The van der Waals surface area contributed by atoms with Crippen LogP contribution >= 0.6 is 0 Å². The zero-order valence-corrected chi connectivity index (χ0v) is 11.6. The smallest absolute Gasteiger partial charge is 0.322 e. The van der Waals surface area contributed by atoms with E-state index in [4.69, 9.17) is 0 Å². The van der Waals surface area contributed by atoms with Crippen molar-refractivity contribution in [2.45, 2.75) is 25.3 Å². The van der Waals surface area contributed by atoms with Gasteiger partial charge in [-0.05, 0) is 31.8 Å². The molecule has 4 amide bonds. The molecule has 3 fully saturated rings. The lowest BCUT2D eigenvalue weighted by molar-refractivity contribution is -0.141. The van der Waals surface area contributed by atoms with Gasteiger partial charge in [0.15, 0.2) is 0 Å². The number of carbonyl (C=O) groups excluding carboxylic acids is 3. The summed E-state index contributed by atoms with van der Waals surface area (Å²) in [5.41, 5.74) is -0.914. The van der Waals surface area contributed by atoms with Gasteiger partial charge >= 0.3 is 6.03 Å². The van der Waals surface area contributed by atoms with Gasteiger partial charge in [-0.15, -0.1) is 0 Å². The summed E-state index contributed by atoms with van der Waals surface area (Å²) in [5.74, 6) is 0.126. The summed E-state index contributed by atoms with van der Waals surface area (Å²) in [5, 5.41) is 8.14. The van der Waals surface area contributed by atoms with Gasteiger partial charge in [-0.3, -0.25) is 14.9 Å². The van der Waals surface area contributed by atoms with Crippen molar-refractivity contribution in [2.24, 2.45) is 11.8 Å². The van der Waals surface area contributed by atoms with Crippen LogP contribution in [0, 0.1) is 11.8 Å². The highest BCUT2D eigenvalue weighted by molar-refractivity contribution is 6.07. The number of nitrogens with one attached hydrogen (secondary N) is 3. The average Bonchev–Trinajstić information content (AvgIpc) is 2.60. The van der Waals surface area contributed by atoms with Crippen LogP contribution in [0.5, 0.6) is 0 Å². The van der Waals surface area contributed by atoms with Gasteiger partial charge in [-0.25, -0.2) is 4.79 Å². The number of hydrogen-bond donors (Lipinski definition) is 3. The molecule has 3 aliphatic rings. The van der Waals surface area contributed by atoms with Crippen LogP contribution in [-0.2, 0) is 9.59 Å². The summed E-state index contributed by atoms with van der Waals surface area (Å²) in [7, 11) is 0. The number of amides is 4. The third kappa shape index (κ3) is 2.06. The topological polar surface area (TPSA) is 90.5 Å². The zero-order chi connectivity index (χ0) is 14.3. The molecule has 3 heterocycles. The molecule has 1 spiro atoms. The summed E-state index contributed by atoms with van der Waals surface area (Å²) in [4.78, 5) is 37.6. The van der Waals surface area contributed by atoms with Crippen molar-refractivity contribution in [3.05, 3.63) is 0 Å². The number of likely N-dealkylation sites (tertiary alicyclic amines) is 1. The highest BCUT2D eigenvalue weighted by Gasteiger charge is 2.50. The maximum absolute atomic E-state index is 12.5. The van der Waals surface area contributed by atoms with Gasteiger partial charge in [0.2, 0.25) is 5.91 Å². The fraction of sp³-hybridized carbons (Fsp3) is 0.769. The van der Waals surface area contributed by atoms with E-state index in [1.165, 1.54) is 0 Å². The van der Waals surface area contributed by atoms with Gasteiger partial charge in [0.05, 0.1) is 6.54 Å². The zero-order valence-electron chi connectivity index (χ0n) is 11.6. The molecule has 0 aliphatic carbocycles. The molecule has 2 unspecified atom stereocenters. The lowest BCUT2D eigenvalue weighted by atomic mass is 9.85. The molecule has 7 nitrogen and oxygen atoms in total. The number of rotatable bonds is 2. The number of carbonyl (C=O) groups is 3. The first-order chi connectivity index (χ1) is 9.52. The molecule has 0 bridgehead atoms. The normalized spacial score (nSPS) is 31.8. The van der Waals surface area contributed by atoms with Crippen LogP contribution in [0.3, 0.4) is 0 Å². The highest BCUT2D eigenvalue weighted by atomic mass is 16.2. The van der Waals surface area contributed by atoms with Crippen LogP contribution in [0.1, 0.15) is 19.8 Å². The molecule has 3 aliphatic heterocycles. The number of imide groups is 1. The van der Waals surface area contributed by atoms with E-state index >= 15 is 0 Å². The molecule has 110 valence electrons. The maximum Gasteiger partial charge on any atom is 0.322 e. The average molecular weight is 280 g/mol. The summed E-state index contributed by atoms with van der Waals surface area (Å²) >= 11 is 0. The Morgan fingerprint density at radius 3 is 2.70 bits per heavy atom. The monoisotopic (exact) mass is 280 g/mol. The molecule has 0 aromatic rings. The fourth-order valence-corrected chi connectivity index (χ4v) is 3.21. The first kappa shape index (κ1) is 13.4. The first-order valence-corrected chi connectivity index (χ1v) is 7.15. The van der Waals surface area contributed by atoms with Crippen molar-refractivity contribution in [1.29, 1.82) is 0 Å². The predicted octanol–water partition coefficient (Wildman–Crippen LogP) is -0.957. The SMILES string of the molecule is CC(C(=O)N1CCCC2(C1)NC(=O)NC2=O)C1CNC1. The molecule has 3 rings (SSSR count). The quantitative estimate of drug-likeness (QED) is 0.568. The van der Waals surface area contributed by atoms with Crippen LogP contribution in [-0.4, -0.2) is 54.5 Å². The van der Waals surface area contributed by atoms with Crippen LogP contribution in [0.2, 0.25) is 0 Å². The Hall–Kier alpha value is -1.63. The van der Waals surface area contributed by atoms with E-state index in [9.17, 15) is 14.4 Å². The molecular formula is C13H20N4O3. The largest absolute Gasteiger partial charge is 0.340 e. The van der Waals surface area contributed by atoms with Gasteiger partial charge < -0.3 is 15.5 Å². The Morgan fingerprint density at radius 1 is 1.40 bits per heavy atom. The van der Waals surface area contributed by atoms with Crippen LogP contribution in [0.25, 0.3) is 0 Å². The molecule has 3 saturated heterocycles. The standard InChI is InChI=1S/C13H20N4O3/c1-8(9-5-14-6-9)10(18)17-4-2-3-13(7-17)11(19)15-12(20)16-13/h8-9,14H,2-7H2,1H3,(H2,15,16,19,20). The third-order valence-corrected chi connectivity index (χ3v) is 4.73. The minimum absolute atomic E-state index is 0.0356. The number of hydrogen-bond acceptors (Lipinski definition) is 4. The van der Waals surface area contributed by atoms with Crippen molar-refractivity contribution < 1.29 is 14.4 Å². The van der Waals surface area contributed by atoms with E-state index < -0.39 is 11.6 Å². The summed E-state index contributed by atoms with van der Waals surface area (Å²) in [6.07, 6.45) is 1.32. The van der Waals surface area contributed by atoms with Crippen LogP contribution < -0.4 is 16.0 Å². The lowest BCUT2D eigenvalue weighted by Gasteiger charge is -2.41. The minimum Gasteiger partial charge on any atom is -0.340 e. The fourth-order valence-electron chi connectivity index (χ4n) is 3.21. The molecule has 7 heteroatoms. The Labute approximate surface area is 117 Å². The van der Waals surface area contributed by atoms with E-state index in [-0.39, 0.29) is 24.3 Å². The van der Waals surface area contributed by atoms with Gasteiger partial charge in [0.1, 0.15) is 5.54 Å². The van der Waals surface area contributed by atoms with E-state index in [0.717, 1.165) is 19.5 Å². The van der Waals surface area contributed by atoms with Crippen molar-refractivity contribution in [3.63, 3.8) is 0 Å². The van der Waals surface area contributed by atoms with Crippen molar-refractivity contribution in [1.82, 2.24) is 20.9 Å². The Kier molecular flexibility index (Phi) is 3.16. The third-order valence-electron chi connectivity index (χ3n) is 4.73. The molecule has 0 aromatic carbocycles. The van der Waals surface area contributed by atoms with Crippen molar-refractivity contribution in [3.8, 4) is 0 Å². The summed E-state index contributed by atoms with van der Waals surface area (Å²) in [6.45, 7) is 4.65. The second kappa shape index (κ2) is 4.73. The first-order valence-electron chi connectivity index (χ1n) is 7.15. The summed E-state index contributed by atoms with van der Waals surface area (Å²) < 4.78 is 0. The molecule has 3 N–H and O–H groups in total.